The molecule has 3 rings (SSSR count). The SMILES string of the molecule is COc1cccc(C(=O)Nc2nc(-c3ccc(C)cc3)ns2)c1. The highest BCUT2D eigenvalue weighted by molar-refractivity contribution is 7.10. The minimum Gasteiger partial charge on any atom is -0.497 e. The van der Waals surface area contributed by atoms with Gasteiger partial charge >= 0.3 is 0 Å². The van der Waals surface area contributed by atoms with Gasteiger partial charge in [0.1, 0.15) is 5.75 Å². The lowest BCUT2D eigenvalue weighted by molar-refractivity contribution is 0.102. The number of amides is 1. The Balaban J connectivity index is 1.75. The molecule has 2 aromatic carbocycles. The molecule has 0 saturated carbocycles. The lowest BCUT2D eigenvalue weighted by Gasteiger charge is -2.03. The van der Waals surface area contributed by atoms with Gasteiger partial charge in [0.05, 0.1) is 7.11 Å². The number of methoxy groups -OCH3 is 1. The average Bonchev–Trinajstić information content (AvgIpc) is 3.04. The Labute approximate surface area is 138 Å². The van der Waals surface area contributed by atoms with Crippen LogP contribution in [0.2, 0.25) is 0 Å². The maximum absolute atomic E-state index is 12.2. The Kier molecular flexibility index (Phi) is 4.34. The summed E-state index contributed by atoms with van der Waals surface area (Å²) in [6, 6.07) is 14.9. The molecular formula is C17H15N3O2S. The van der Waals surface area contributed by atoms with Crippen molar-refractivity contribution in [2.75, 3.05) is 12.4 Å². The van der Waals surface area contributed by atoms with Gasteiger partial charge in [-0.2, -0.15) is 9.36 Å². The highest BCUT2D eigenvalue weighted by atomic mass is 32.1. The summed E-state index contributed by atoms with van der Waals surface area (Å²) in [7, 11) is 1.57. The minimum atomic E-state index is -0.240. The molecule has 0 radical (unpaired) electrons. The number of rotatable bonds is 4. The minimum absolute atomic E-state index is 0.240. The smallest absolute Gasteiger partial charge is 0.257 e. The number of hydrogen-bond acceptors (Lipinski definition) is 5. The van der Waals surface area contributed by atoms with Crippen molar-refractivity contribution in [2.24, 2.45) is 0 Å². The standard InChI is InChI=1S/C17H15N3O2S/c1-11-6-8-12(9-7-11)15-18-17(23-20-15)19-16(21)13-4-3-5-14(10-13)22-2/h3-10H,1-2H3,(H,18,19,20,21). The lowest BCUT2D eigenvalue weighted by Crippen LogP contribution is -2.11. The molecule has 5 nitrogen and oxygen atoms in total. The van der Waals surface area contributed by atoms with Gasteiger partial charge in [0.15, 0.2) is 5.82 Å². The second kappa shape index (κ2) is 6.58. The molecular weight excluding hydrogens is 310 g/mol. The molecule has 0 saturated heterocycles. The number of aromatic nitrogens is 2. The molecule has 1 amide bonds. The predicted octanol–water partition coefficient (Wildman–Crippen LogP) is 3.77. The van der Waals surface area contributed by atoms with Crippen LogP contribution < -0.4 is 10.1 Å². The van der Waals surface area contributed by atoms with Crippen molar-refractivity contribution in [3.05, 3.63) is 59.7 Å². The van der Waals surface area contributed by atoms with Crippen LogP contribution in [0.5, 0.6) is 5.75 Å². The predicted molar refractivity (Wildman–Crippen MR) is 91.0 cm³/mol. The molecule has 3 aromatic rings. The Morgan fingerprint density at radius 2 is 1.96 bits per heavy atom. The van der Waals surface area contributed by atoms with Crippen molar-refractivity contribution in [1.29, 1.82) is 0 Å². The van der Waals surface area contributed by atoms with Crippen molar-refractivity contribution in [1.82, 2.24) is 9.36 Å². The number of carbonyl (C=O) groups is 1. The largest absolute Gasteiger partial charge is 0.497 e. The van der Waals surface area contributed by atoms with Gasteiger partial charge in [0.2, 0.25) is 5.13 Å². The number of nitrogens with one attached hydrogen (secondary N) is 1. The number of anilines is 1. The highest BCUT2D eigenvalue weighted by Gasteiger charge is 2.11. The Morgan fingerprint density at radius 3 is 2.70 bits per heavy atom. The van der Waals surface area contributed by atoms with Gasteiger partial charge < -0.3 is 4.74 Å². The molecule has 0 fully saturated rings. The topological polar surface area (TPSA) is 64.1 Å². The van der Waals surface area contributed by atoms with Crippen molar-refractivity contribution in [3.8, 4) is 17.1 Å². The van der Waals surface area contributed by atoms with Crippen LogP contribution in [0.1, 0.15) is 15.9 Å². The normalized spacial score (nSPS) is 10.3. The molecule has 1 heterocycles. The average molecular weight is 325 g/mol. The number of nitrogens with zero attached hydrogens (tertiary/aromatic N) is 2. The second-order valence-electron chi connectivity index (χ2n) is 4.98. The van der Waals surface area contributed by atoms with Crippen LogP contribution in [0, 0.1) is 6.92 Å². The molecule has 0 aliphatic rings. The molecule has 0 bridgehead atoms. The molecule has 23 heavy (non-hydrogen) atoms. The van der Waals surface area contributed by atoms with Gasteiger partial charge in [-0.05, 0) is 25.1 Å². The Hall–Kier alpha value is -2.73. The summed E-state index contributed by atoms with van der Waals surface area (Å²) in [6.45, 7) is 2.03. The van der Waals surface area contributed by atoms with E-state index in [0.29, 0.717) is 22.3 Å². The zero-order valence-electron chi connectivity index (χ0n) is 12.7. The van der Waals surface area contributed by atoms with Crippen molar-refractivity contribution >= 4 is 22.6 Å². The first-order valence-corrected chi connectivity index (χ1v) is 7.79. The number of aryl methyl sites for hydroxylation is 1. The maximum Gasteiger partial charge on any atom is 0.257 e. The van der Waals surface area contributed by atoms with Crippen LogP contribution in [0.25, 0.3) is 11.4 Å². The van der Waals surface area contributed by atoms with E-state index in [1.807, 2.05) is 31.2 Å². The van der Waals surface area contributed by atoms with E-state index < -0.39 is 0 Å². The fourth-order valence-corrected chi connectivity index (χ4v) is 2.61. The van der Waals surface area contributed by atoms with Gasteiger partial charge in [0.25, 0.3) is 5.91 Å². The van der Waals surface area contributed by atoms with Crippen LogP contribution in [-0.2, 0) is 0 Å². The second-order valence-corrected chi connectivity index (χ2v) is 5.73. The molecule has 0 unspecified atom stereocenters. The fraction of sp³-hybridized carbons (Fsp3) is 0.118. The number of carbonyl (C=O) groups excluding carboxylic acids is 1. The third-order valence-electron chi connectivity index (χ3n) is 3.29. The van der Waals surface area contributed by atoms with Gasteiger partial charge in [-0.25, -0.2) is 0 Å². The van der Waals surface area contributed by atoms with Gasteiger partial charge in [-0.3, -0.25) is 10.1 Å². The van der Waals surface area contributed by atoms with E-state index >= 15 is 0 Å². The molecule has 0 aliphatic carbocycles. The summed E-state index contributed by atoms with van der Waals surface area (Å²) >= 11 is 1.16. The van der Waals surface area contributed by atoms with Crippen molar-refractivity contribution < 1.29 is 9.53 Å². The first-order chi connectivity index (χ1) is 11.2. The van der Waals surface area contributed by atoms with E-state index in [2.05, 4.69) is 14.7 Å². The van der Waals surface area contributed by atoms with Crippen LogP contribution in [0.4, 0.5) is 5.13 Å². The Bertz CT molecular complexity index is 828. The lowest BCUT2D eigenvalue weighted by atomic mass is 10.1. The maximum atomic E-state index is 12.2. The van der Waals surface area contributed by atoms with Crippen molar-refractivity contribution in [3.63, 3.8) is 0 Å². The summed E-state index contributed by atoms with van der Waals surface area (Å²) < 4.78 is 9.41. The van der Waals surface area contributed by atoms with E-state index in [9.17, 15) is 4.79 Å². The zero-order chi connectivity index (χ0) is 16.2. The number of benzene rings is 2. The molecule has 0 aliphatic heterocycles. The van der Waals surface area contributed by atoms with Crippen molar-refractivity contribution in [2.45, 2.75) is 6.92 Å². The molecule has 116 valence electrons. The van der Waals surface area contributed by atoms with E-state index in [0.717, 1.165) is 17.1 Å². The summed E-state index contributed by atoms with van der Waals surface area (Å²) in [4.78, 5) is 16.6. The van der Waals surface area contributed by atoms with Crippen LogP contribution in [0.15, 0.2) is 48.5 Å². The Morgan fingerprint density at radius 1 is 1.17 bits per heavy atom. The summed E-state index contributed by atoms with van der Waals surface area (Å²) in [5, 5.41) is 3.23. The summed E-state index contributed by atoms with van der Waals surface area (Å²) in [5.74, 6) is 1.00. The monoisotopic (exact) mass is 325 g/mol. The quantitative estimate of drug-likeness (QED) is 0.793. The fourth-order valence-electron chi connectivity index (χ4n) is 2.03. The van der Waals surface area contributed by atoms with E-state index in [-0.39, 0.29) is 5.91 Å². The number of ether oxygens (including phenoxy) is 1. The molecule has 0 spiro atoms. The number of hydrogen-bond donors (Lipinski definition) is 1. The zero-order valence-corrected chi connectivity index (χ0v) is 13.6. The summed E-state index contributed by atoms with van der Waals surface area (Å²) in [5.41, 5.74) is 2.61. The molecule has 6 heteroatoms. The highest BCUT2D eigenvalue weighted by Crippen LogP contribution is 2.22. The third-order valence-corrected chi connectivity index (χ3v) is 3.92. The van der Waals surface area contributed by atoms with E-state index in [4.69, 9.17) is 4.74 Å². The third kappa shape index (κ3) is 3.54. The summed E-state index contributed by atoms with van der Waals surface area (Å²) in [6.07, 6.45) is 0. The van der Waals surface area contributed by atoms with Gasteiger partial charge in [0, 0.05) is 22.7 Å². The van der Waals surface area contributed by atoms with Gasteiger partial charge in [-0.1, -0.05) is 35.9 Å². The first-order valence-electron chi connectivity index (χ1n) is 7.02. The first kappa shape index (κ1) is 15.2. The van der Waals surface area contributed by atoms with E-state index in [1.54, 1.807) is 31.4 Å². The van der Waals surface area contributed by atoms with Crippen LogP contribution in [0.3, 0.4) is 0 Å². The van der Waals surface area contributed by atoms with Crippen LogP contribution >= 0.6 is 11.5 Å². The molecule has 0 atom stereocenters. The van der Waals surface area contributed by atoms with Gasteiger partial charge in [-0.15, -0.1) is 0 Å². The van der Waals surface area contributed by atoms with E-state index in [1.165, 1.54) is 5.56 Å². The van der Waals surface area contributed by atoms with Crippen LogP contribution in [-0.4, -0.2) is 22.4 Å². The molecule has 1 aromatic heterocycles. The molecule has 1 N–H and O–H groups in total.